The third-order valence-corrected chi connectivity index (χ3v) is 11.4. The molecule has 4 rings (SSSR count). The number of hydrogen-bond acceptors (Lipinski definition) is 2. The summed E-state index contributed by atoms with van der Waals surface area (Å²) in [6.45, 7) is 14.8. The number of allylic oxidation sites excluding steroid dienone is 1. The molecular formula is C31H56N2. The van der Waals surface area contributed by atoms with Gasteiger partial charge in [-0.05, 0) is 124 Å². The Morgan fingerprint density at radius 3 is 2.55 bits per heavy atom. The van der Waals surface area contributed by atoms with Crippen LogP contribution in [0.25, 0.3) is 0 Å². The van der Waals surface area contributed by atoms with Gasteiger partial charge < -0.3 is 11.1 Å². The Morgan fingerprint density at radius 1 is 0.970 bits per heavy atom. The second kappa shape index (κ2) is 10.7. The molecule has 3 fully saturated rings. The fourth-order valence-corrected chi connectivity index (χ4v) is 9.44. The van der Waals surface area contributed by atoms with Crippen LogP contribution in [0, 0.1) is 46.3 Å². The molecule has 2 nitrogen and oxygen atoms in total. The van der Waals surface area contributed by atoms with E-state index in [0.29, 0.717) is 16.9 Å². The predicted octanol–water partition coefficient (Wildman–Crippen LogP) is 7.72. The molecule has 33 heavy (non-hydrogen) atoms. The molecule has 0 aromatic carbocycles. The average molecular weight is 457 g/mol. The van der Waals surface area contributed by atoms with Gasteiger partial charge in [0.05, 0.1) is 0 Å². The maximum atomic E-state index is 5.68. The molecule has 0 aliphatic heterocycles. The summed E-state index contributed by atoms with van der Waals surface area (Å²) in [7, 11) is 0. The molecule has 0 amide bonds. The molecule has 0 saturated heterocycles. The second-order valence-electron chi connectivity index (χ2n) is 13.7. The summed E-state index contributed by atoms with van der Waals surface area (Å²) in [5.74, 6) is 5.64. The summed E-state index contributed by atoms with van der Waals surface area (Å²) >= 11 is 0. The smallest absolute Gasteiger partial charge is 0.0105 e. The Labute approximate surface area is 206 Å². The lowest BCUT2D eigenvalue weighted by molar-refractivity contribution is -0.0514. The third-order valence-electron chi connectivity index (χ3n) is 11.4. The number of nitrogens with two attached hydrogens (primary N) is 1. The predicted molar refractivity (Wildman–Crippen MR) is 143 cm³/mol. The number of fused-ring (bicyclic) bond motifs is 5. The van der Waals surface area contributed by atoms with E-state index in [-0.39, 0.29) is 0 Å². The first-order chi connectivity index (χ1) is 15.8. The minimum Gasteiger partial charge on any atom is -0.330 e. The van der Waals surface area contributed by atoms with Crippen molar-refractivity contribution in [3.8, 4) is 0 Å². The van der Waals surface area contributed by atoms with Crippen molar-refractivity contribution in [2.24, 2.45) is 52.1 Å². The van der Waals surface area contributed by atoms with E-state index in [2.05, 4.69) is 46.0 Å². The third kappa shape index (κ3) is 5.13. The molecule has 3 N–H and O–H groups in total. The lowest BCUT2D eigenvalue weighted by atomic mass is 9.47. The topological polar surface area (TPSA) is 38.0 Å². The molecule has 0 aromatic heterocycles. The van der Waals surface area contributed by atoms with Crippen LogP contribution in [0.2, 0.25) is 0 Å². The van der Waals surface area contributed by atoms with Crippen molar-refractivity contribution < 1.29 is 0 Å². The van der Waals surface area contributed by atoms with Gasteiger partial charge in [0, 0.05) is 6.04 Å². The number of hydrogen-bond donors (Lipinski definition) is 2. The monoisotopic (exact) mass is 456 g/mol. The number of nitrogens with one attached hydrogen (secondary N) is 1. The Balaban J connectivity index is 1.40. The largest absolute Gasteiger partial charge is 0.330 e. The van der Waals surface area contributed by atoms with E-state index in [1.165, 1.54) is 77.0 Å². The molecule has 7 unspecified atom stereocenters. The maximum Gasteiger partial charge on any atom is 0.0105 e. The molecule has 4 aliphatic rings. The van der Waals surface area contributed by atoms with E-state index in [4.69, 9.17) is 5.73 Å². The van der Waals surface area contributed by atoms with E-state index in [1.54, 1.807) is 0 Å². The maximum absolute atomic E-state index is 5.68. The highest BCUT2D eigenvalue weighted by Crippen LogP contribution is 2.67. The number of unbranched alkanes of at least 4 members (excludes halogenated alkanes) is 1. The minimum atomic E-state index is 0.487. The van der Waals surface area contributed by atoms with Gasteiger partial charge in [-0.25, -0.2) is 0 Å². The molecule has 0 bridgehead atoms. The van der Waals surface area contributed by atoms with Gasteiger partial charge in [0.1, 0.15) is 0 Å². The normalized spacial score (nSPS) is 41.3. The van der Waals surface area contributed by atoms with Gasteiger partial charge in [0.25, 0.3) is 0 Å². The van der Waals surface area contributed by atoms with Gasteiger partial charge in [-0.3, -0.25) is 0 Å². The highest BCUT2D eigenvalue weighted by molar-refractivity contribution is 5.26. The zero-order valence-electron chi connectivity index (χ0n) is 22.8. The molecule has 190 valence electrons. The summed E-state index contributed by atoms with van der Waals surface area (Å²) in [4.78, 5) is 0. The van der Waals surface area contributed by atoms with Crippen molar-refractivity contribution >= 4 is 0 Å². The lowest BCUT2D eigenvalue weighted by Gasteiger charge is -2.58. The highest BCUT2D eigenvalue weighted by Gasteiger charge is 2.59. The van der Waals surface area contributed by atoms with E-state index in [0.717, 1.165) is 55.0 Å². The lowest BCUT2D eigenvalue weighted by Crippen LogP contribution is -2.51. The van der Waals surface area contributed by atoms with Crippen molar-refractivity contribution in [1.82, 2.24) is 5.32 Å². The van der Waals surface area contributed by atoms with E-state index >= 15 is 0 Å². The summed E-state index contributed by atoms with van der Waals surface area (Å²) in [6, 6.07) is 0.704. The molecule has 0 spiro atoms. The molecule has 2 heteroatoms. The quantitative estimate of drug-likeness (QED) is 0.261. The van der Waals surface area contributed by atoms with Crippen LogP contribution in [-0.4, -0.2) is 19.1 Å². The summed E-state index contributed by atoms with van der Waals surface area (Å²) in [5.41, 5.74) is 8.61. The van der Waals surface area contributed by atoms with Crippen molar-refractivity contribution in [3.63, 3.8) is 0 Å². The van der Waals surface area contributed by atoms with Gasteiger partial charge in [0.2, 0.25) is 0 Å². The van der Waals surface area contributed by atoms with Crippen LogP contribution in [0.5, 0.6) is 0 Å². The standard InChI is InChI=1S/C31H56N2/c1-22(2)9-8-10-23(3)27-13-14-28-26-12-11-24-21-25(33-20-7-6-19-32)15-17-30(24,4)29(26)16-18-31(27,28)5/h11,22-23,25-29,33H,6-10,12-21,32H2,1-5H3/t23-,25?,26?,27?,28?,29?,30?,31?/m1/s1. The van der Waals surface area contributed by atoms with Gasteiger partial charge in [-0.1, -0.05) is 65.5 Å². The zero-order valence-corrected chi connectivity index (χ0v) is 22.8. The summed E-state index contributed by atoms with van der Waals surface area (Å²) in [6.07, 6.45) is 20.9. The van der Waals surface area contributed by atoms with Crippen LogP contribution < -0.4 is 11.1 Å². The van der Waals surface area contributed by atoms with Crippen molar-refractivity contribution in [1.29, 1.82) is 0 Å². The van der Waals surface area contributed by atoms with Crippen LogP contribution >= 0.6 is 0 Å². The fraction of sp³-hybridized carbons (Fsp3) is 0.935. The fourth-order valence-electron chi connectivity index (χ4n) is 9.44. The molecule has 0 heterocycles. The summed E-state index contributed by atoms with van der Waals surface area (Å²) < 4.78 is 0. The molecule has 0 aromatic rings. The van der Waals surface area contributed by atoms with Crippen molar-refractivity contribution in [3.05, 3.63) is 11.6 Å². The van der Waals surface area contributed by atoms with Gasteiger partial charge in [-0.2, -0.15) is 0 Å². The van der Waals surface area contributed by atoms with Crippen LogP contribution in [0.1, 0.15) is 118 Å². The van der Waals surface area contributed by atoms with Crippen LogP contribution in [-0.2, 0) is 0 Å². The Bertz CT molecular complexity index is 668. The number of rotatable bonds is 10. The van der Waals surface area contributed by atoms with Crippen LogP contribution in [0.4, 0.5) is 0 Å². The Kier molecular flexibility index (Phi) is 8.37. The molecule has 3 saturated carbocycles. The SMILES string of the molecule is CC(C)CCC[C@@H](C)C1CCC2C3CC=C4CC(NCCCCN)CCC4(C)C3CCC21C. The second-order valence-corrected chi connectivity index (χ2v) is 13.7. The molecule has 8 atom stereocenters. The van der Waals surface area contributed by atoms with E-state index < -0.39 is 0 Å². The Hall–Kier alpha value is -0.340. The van der Waals surface area contributed by atoms with Gasteiger partial charge in [0.15, 0.2) is 0 Å². The molecule has 0 radical (unpaired) electrons. The first kappa shape index (κ1) is 25.7. The molecular weight excluding hydrogens is 400 g/mol. The Morgan fingerprint density at radius 2 is 1.79 bits per heavy atom. The van der Waals surface area contributed by atoms with E-state index in [1.807, 2.05) is 5.57 Å². The van der Waals surface area contributed by atoms with Crippen molar-refractivity contribution in [2.45, 2.75) is 124 Å². The van der Waals surface area contributed by atoms with Gasteiger partial charge >= 0.3 is 0 Å². The van der Waals surface area contributed by atoms with Crippen LogP contribution in [0.15, 0.2) is 11.6 Å². The zero-order chi connectivity index (χ0) is 23.6. The molecule has 4 aliphatic carbocycles. The highest BCUT2D eigenvalue weighted by atomic mass is 14.9. The first-order valence-corrected chi connectivity index (χ1v) is 14.9. The average Bonchev–Trinajstić information content (AvgIpc) is 3.14. The first-order valence-electron chi connectivity index (χ1n) is 14.9. The summed E-state index contributed by atoms with van der Waals surface area (Å²) in [5, 5.41) is 3.87. The van der Waals surface area contributed by atoms with Crippen LogP contribution in [0.3, 0.4) is 0 Å². The van der Waals surface area contributed by atoms with E-state index in [9.17, 15) is 0 Å². The minimum absolute atomic E-state index is 0.487. The van der Waals surface area contributed by atoms with Gasteiger partial charge in [-0.15, -0.1) is 0 Å². The van der Waals surface area contributed by atoms with Crippen molar-refractivity contribution in [2.75, 3.05) is 13.1 Å².